The van der Waals surface area contributed by atoms with Gasteiger partial charge in [0.1, 0.15) is 11.8 Å². The molecule has 2 aliphatic rings. The van der Waals surface area contributed by atoms with Gasteiger partial charge in [0.15, 0.2) is 0 Å². The Bertz CT molecular complexity index is 742. The van der Waals surface area contributed by atoms with E-state index in [2.05, 4.69) is 36.8 Å². The average Bonchev–Trinajstić information content (AvgIpc) is 3.20. The Kier molecular flexibility index (Phi) is 7.62. The predicted molar refractivity (Wildman–Crippen MR) is 118 cm³/mol. The first-order valence-corrected chi connectivity index (χ1v) is 11.7. The van der Waals surface area contributed by atoms with Crippen LogP contribution in [0.2, 0.25) is 0 Å². The molecule has 1 amide bonds. The quantitative estimate of drug-likeness (QED) is 0.586. The molecule has 0 unspecified atom stereocenters. The minimum atomic E-state index is -0.138. The zero-order chi connectivity index (χ0) is 21.1. The van der Waals surface area contributed by atoms with E-state index in [0.29, 0.717) is 21.4 Å². The fraction of sp³-hybridized carbons (Fsp3) is 0.619. The van der Waals surface area contributed by atoms with Gasteiger partial charge in [0.25, 0.3) is 0 Å². The second kappa shape index (κ2) is 9.79. The topological polar surface area (TPSA) is 70.1 Å². The third-order valence-electron chi connectivity index (χ3n) is 6.05. The summed E-state index contributed by atoms with van der Waals surface area (Å²) in [4.78, 5) is 29.2. The van der Waals surface area contributed by atoms with Crippen molar-refractivity contribution in [3.05, 3.63) is 26.6 Å². The maximum Gasteiger partial charge on any atom is 0.323 e. The highest BCUT2D eigenvalue weighted by molar-refractivity contribution is 9.11. The number of amides is 1. The number of hydrogen-bond acceptors (Lipinski definition) is 5. The summed E-state index contributed by atoms with van der Waals surface area (Å²) >= 11 is 6.69. The lowest BCUT2D eigenvalue weighted by molar-refractivity contribution is -0.147. The third-order valence-corrected chi connectivity index (χ3v) is 7.26. The van der Waals surface area contributed by atoms with Gasteiger partial charge >= 0.3 is 5.97 Å². The van der Waals surface area contributed by atoms with Crippen LogP contribution in [0.4, 0.5) is 0 Å². The normalized spacial score (nSPS) is 21.9. The smallest absolute Gasteiger partial charge is 0.323 e. The fourth-order valence-electron chi connectivity index (χ4n) is 4.52. The Hall–Kier alpha value is -1.12. The molecule has 2 saturated heterocycles. The van der Waals surface area contributed by atoms with E-state index >= 15 is 0 Å². The highest BCUT2D eigenvalue weighted by Gasteiger charge is 2.38. The van der Waals surface area contributed by atoms with Gasteiger partial charge in [-0.25, -0.2) is 0 Å². The van der Waals surface area contributed by atoms with Crippen LogP contribution >= 0.6 is 31.9 Å². The molecule has 1 N–H and O–H groups in total. The van der Waals surface area contributed by atoms with Crippen LogP contribution < -0.4 is 0 Å². The van der Waals surface area contributed by atoms with Crippen molar-refractivity contribution in [2.45, 2.75) is 51.1 Å². The molecule has 2 fully saturated rings. The number of rotatable bonds is 5. The standard InChI is InChI=1S/C21H28Br2N2O4/c1-13(10-14-11-16(22)19(26)17(23)12-14)20(27)24-8-5-15(6-9-24)25-7-3-4-18(25)21(28)29-2/h11-13,15,18,26H,3-10H2,1-2H3/t13-,18-/m1/s1. The minimum Gasteiger partial charge on any atom is -0.506 e. The van der Waals surface area contributed by atoms with Gasteiger partial charge < -0.3 is 14.7 Å². The molecule has 2 heterocycles. The molecular formula is C21H28Br2N2O4. The van der Waals surface area contributed by atoms with Crippen molar-refractivity contribution in [3.63, 3.8) is 0 Å². The van der Waals surface area contributed by atoms with Crippen LogP contribution in [0.5, 0.6) is 5.75 Å². The predicted octanol–water partition coefficient (Wildman–Crippen LogP) is 3.72. The number of ether oxygens (including phenoxy) is 1. The molecule has 2 atom stereocenters. The minimum absolute atomic E-state index is 0.127. The van der Waals surface area contributed by atoms with E-state index in [-0.39, 0.29) is 29.6 Å². The van der Waals surface area contributed by atoms with Crippen LogP contribution in [-0.4, -0.2) is 65.6 Å². The van der Waals surface area contributed by atoms with Crippen LogP contribution in [0.3, 0.4) is 0 Å². The van der Waals surface area contributed by atoms with Gasteiger partial charge in [-0.2, -0.15) is 0 Å². The fourth-order valence-corrected chi connectivity index (χ4v) is 5.80. The number of aromatic hydroxyl groups is 1. The maximum absolute atomic E-state index is 13.0. The number of hydrogen-bond donors (Lipinski definition) is 1. The Balaban J connectivity index is 1.55. The summed E-state index contributed by atoms with van der Waals surface area (Å²) in [6.07, 6.45) is 4.28. The molecule has 160 valence electrons. The van der Waals surface area contributed by atoms with Crippen LogP contribution in [-0.2, 0) is 20.7 Å². The van der Waals surface area contributed by atoms with Gasteiger partial charge in [-0.05, 0) is 88.2 Å². The molecular weight excluding hydrogens is 504 g/mol. The van der Waals surface area contributed by atoms with Crippen molar-refractivity contribution in [2.24, 2.45) is 5.92 Å². The van der Waals surface area contributed by atoms with Gasteiger partial charge in [0.05, 0.1) is 16.1 Å². The van der Waals surface area contributed by atoms with Crippen molar-refractivity contribution < 1.29 is 19.4 Å². The van der Waals surface area contributed by atoms with Crippen molar-refractivity contribution in [1.82, 2.24) is 9.80 Å². The summed E-state index contributed by atoms with van der Waals surface area (Å²) < 4.78 is 6.20. The molecule has 0 spiro atoms. The SMILES string of the molecule is COC(=O)[C@H]1CCCN1C1CCN(C(=O)[C@H](C)Cc2cc(Br)c(O)c(Br)c2)CC1. The number of phenolic OH excluding ortho intramolecular Hbond substituents is 1. The van der Waals surface area contributed by atoms with E-state index in [1.54, 1.807) is 0 Å². The van der Waals surface area contributed by atoms with Crippen molar-refractivity contribution in [3.8, 4) is 5.75 Å². The number of benzene rings is 1. The number of phenols is 1. The summed E-state index contributed by atoms with van der Waals surface area (Å²) in [5, 5.41) is 9.86. The van der Waals surface area contributed by atoms with Crippen LogP contribution in [0, 0.1) is 5.92 Å². The molecule has 2 aliphatic heterocycles. The average molecular weight is 532 g/mol. The Labute approximate surface area is 188 Å². The van der Waals surface area contributed by atoms with Gasteiger partial charge in [0.2, 0.25) is 5.91 Å². The maximum atomic E-state index is 13.0. The summed E-state index contributed by atoms with van der Waals surface area (Å²) in [5.74, 6) is 0.0574. The van der Waals surface area contributed by atoms with Gasteiger partial charge in [-0.3, -0.25) is 14.5 Å². The molecule has 0 saturated carbocycles. The number of methoxy groups -OCH3 is 1. The number of esters is 1. The largest absolute Gasteiger partial charge is 0.506 e. The van der Waals surface area contributed by atoms with Crippen LogP contribution in [0.15, 0.2) is 21.1 Å². The molecule has 0 aliphatic carbocycles. The summed E-state index contributed by atoms with van der Waals surface area (Å²) in [5.41, 5.74) is 0.996. The van der Waals surface area contributed by atoms with Crippen molar-refractivity contribution in [2.75, 3.05) is 26.7 Å². The Morgan fingerprint density at radius 3 is 2.38 bits per heavy atom. The molecule has 0 bridgehead atoms. The van der Waals surface area contributed by atoms with Gasteiger partial charge in [-0.15, -0.1) is 0 Å². The highest BCUT2D eigenvalue weighted by Crippen LogP contribution is 2.34. The highest BCUT2D eigenvalue weighted by atomic mass is 79.9. The van der Waals surface area contributed by atoms with Gasteiger partial charge in [0, 0.05) is 25.0 Å². The Morgan fingerprint density at radius 2 is 1.79 bits per heavy atom. The number of nitrogens with zero attached hydrogens (tertiary/aromatic N) is 2. The number of halogens is 2. The first-order chi connectivity index (χ1) is 13.8. The molecule has 6 nitrogen and oxygen atoms in total. The van der Waals surface area contributed by atoms with Crippen molar-refractivity contribution >= 4 is 43.7 Å². The number of likely N-dealkylation sites (tertiary alicyclic amines) is 2. The second-order valence-electron chi connectivity index (χ2n) is 7.99. The molecule has 0 radical (unpaired) electrons. The molecule has 3 rings (SSSR count). The van der Waals surface area contributed by atoms with E-state index in [1.165, 1.54) is 7.11 Å². The first kappa shape index (κ1) is 22.6. The van der Waals surface area contributed by atoms with E-state index in [4.69, 9.17) is 4.74 Å². The van der Waals surface area contributed by atoms with Gasteiger partial charge in [-0.1, -0.05) is 6.92 Å². The second-order valence-corrected chi connectivity index (χ2v) is 9.70. The van der Waals surface area contributed by atoms with Crippen LogP contribution in [0.1, 0.15) is 38.2 Å². The first-order valence-electron chi connectivity index (χ1n) is 10.1. The number of piperidine rings is 1. The molecule has 29 heavy (non-hydrogen) atoms. The lowest BCUT2D eigenvalue weighted by Gasteiger charge is -2.39. The third kappa shape index (κ3) is 5.14. The van der Waals surface area contributed by atoms with E-state index in [9.17, 15) is 14.7 Å². The van der Waals surface area contributed by atoms with Crippen molar-refractivity contribution in [1.29, 1.82) is 0 Å². The summed E-state index contributed by atoms with van der Waals surface area (Å²) in [6, 6.07) is 3.93. The lowest BCUT2D eigenvalue weighted by Crippen LogP contribution is -2.51. The van der Waals surface area contributed by atoms with Crippen LogP contribution in [0.25, 0.3) is 0 Å². The van der Waals surface area contributed by atoms with E-state index in [0.717, 1.165) is 50.9 Å². The molecule has 0 aromatic heterocycles. The van der Waals surface area contributed by atoms with E-state index in [1.807, 2.05) is 24.0 Å². The summed E-state index contributed by atoms with van der Waals surface area (Å²) in [7, 11) is 1.45. The van der Waals surface area contributed by atoms with E-state index < -0.39 is 0 Å². The number of carbonyl (C=O) groups excluding carboxylic acids is 2. The Morgan fingerprint density at radius 1 is 1.17 bits per heavy atom. The molecule has 1 aromatic carbocycles. The monoisotopic (exact) mass is 530 g/mol. The molecule has 8 heteroatoms. The number of carbonyl (C=O) groups is 2. The zero-order valence-corrected chi connectivity index (χ0v) is 20.0. The molecule has 1 aromatic rings. The lowest BCUT2D eigenvalue weighted by atomic mass is 9.97. The summed E-state index contributed by atoms with van der Waals surface area (Å²) in [6.45, 7) is 4.33. The zero-order valence-electron chi connectivity index (χ0n) is 16.9.